The first-order chi connectivity index (χ1) is 6.59. The van der Waals surface area contributed by atoms with Crippen molar-refractivity contribution in [3.8, 4) is 0 Å². The van der Waals surface area contributed by atoms with Gasteiger partial charge >= 0.3 is 0 Å². The number of azide groups is 1. The van der Waals surface area contributed by atoms with Gasteiger partial charge in [-0.1, -0.05) is 5.11 Å². The molecular formula is C8H13F2N3O. The smallest absolute Gasteiger partial charge is 0.248 e. The van der Waals surface area contributed by atoms with Crippen LogP contribution in [0.4, 0.5) is 8.78 Å². The molecule has 1 aliphatic carbocycles. The van der Waals surface area contributed by atoms with Crippen LogP contribution < -0.4 is 0 Å². The Labute approximate surface area is 80.5 Å². The molecule has 0 aromatic rings. The molecule has 1 N–H and O–H groups in total. The molecule has 4 nitrogen and oxygen atoms in total. The van der Waals surface area contributed by atoms with Crippen LogP contribution >= 0.6 is 0 Å². The summed E-state index contributed by atoms with van der Waals surface area (Å²) in [5, 5.41) is 12.3. The van der Waals surface area contributed by atoms with Crippen LogP contribution in [0, 0.1) is 5.92 Å². The molecule has 0 heterocycles. The third-order valence-corrected chi connectivity index (χ3v) is 2.69. The molecule has 0 aromatic heterocycles. The minimum Gasteiger partial charge on any atom is -0.396 e. The first-order valence-electron chi connectivity index (χ1n) is 4.62. The Bertz CT molecular complexity index is 231. The van der Waals surface area contributed by atoms with E-state index in [1.165, 1.54) is 0 Å². The zero-order valence-corrected chi connectivity index (χ0v) is 7.74. The van der Waals surface area contributed by atoms with Gasteiger partial charge in [0.05, 0.1) is 12.6 Å². The lowest BCUT2D eigenvalue weighted by molar-refractivity contribution is -0.0499. The SMILES string of the molecule is [N-]=[N+]=NC(CO)C1CCC(F)(F)CC1. The monoisotopic (exact) mass is 205 g/mol. The fraction of sp³-hybridized carbons (Fsp3) is 1.00. The molecule has 1 saturated carbocycles. The summed E-state index contributed by atoms with van der Waals surface area (Å²) < 4.78 is 25.5. The molecule has 80 valence electrons. The maximum atomic E-state index is 12.8. The second-order valence-electron chi connectivity index (χ2n) is 3.65. The summed E-state index contributed by atoms with van der Waals surface area (Å²) in [6, 6.07) is -0.545. The molecule has 1 unspecified atom stereocenters. The van der Waals surface area contributed by atoms with E-state index < -0.39 is 12.0 Å². The third-order valence-electron chi connectivity index (χ3n) is 2.69. The van der Waals surface area contributed by atoms with Crippen LogP contribution in [0.2, 0.25) is 0 Å². The lowest BCUT2D eigenvalue weighted by atomic mass is 9.82. The van der Waals surface area contributed by atoms with E-state index in [1.54, 1.807) is 0 Å². The van der Waals surface area contributed by atoms with Crippen molar-refractivity contribution in [2.75, 3.05) is 6.61 Å². The van der Waals surface area contributed by atoms with Crippen LogP contribution in [-0.2, 0) is 0 Å². The molecule has 0 aliphatic heterocycles. The Morgan fingerprint density at radius 2 is 2.07 bits per heavy atom. The Morgan fingerprint density at radius 3 is 2.50 bits per heavy atom. The Morgan fingerprint density at radius 1 is 1.50 bits per heavy atom. The zero-order chi connectivity index (χ0) is 10.6. The third kappa shape index (κ3) is 2.82. The van der Waals surface area contributed by atoms with Gasteiger partial charge in [0, 0.05) is 17.8 Å². The Balaban J connectivity index is 2.51. The molecular weight excluding hydrogens is 192 g/mol. The number of nitrogens with zero attached hydrogens (tertiary/aromatic N) is 3. The van der Waals surface area contributed by atoms with Crippen LogP contribution in [0.3, 0.4) is 0 Å². The number of hydrogen-bond acceptors (Lipinski definition) is 2. The average molecular weight is 205 g/mol. The highest BCUT2D eigenvalue weighted by atomic mass is 19.3. The second-order valence-corrected chi connectivity index (χ2v) is 3.65. The topological polar surface area (TPSA) is 69.0 Å². The number of rotatable bonds is 3. The van der Waals surface area contributed by atoms with Crippen LogP contribution in [0.1, 0.15) is 25.7 Å². The van der Waals surface area contributed by atoms with Crippen molar-refractivity contribution in [3.05, 3.63) is 10.4 Å². The van der Waals surface area contributed by atoms with E-state index in [0.29, 0.717) is 12.8 Å². The number of alkyl halides is 2. The van der Waals surface area contributed by atoms with E-state index >= 15 is 0 Å². The zero-order valence-electron chi connectivity index (χ0n) is 7.74. The first-order valence-corrected chi connectivity index (χ1v) is 4.62. The molecule has 0 amide bonds. The van der Waals surface area contributed by atoms with Crippen LogP contribution in [0.5, 0.6) is 0 Å². The first kappa shape index (κ1) is 11.2. The fourth-order valence-electron chi connectivity index (χ4n) is 1.79. The van der Waals surface area contributed by atoms with Gasteiger partial charge in [-0.2, -0.15) is 0 Å². The summed E-state index contributed by atoms with van der Waals surface area (Å²) in [5.74, 6) is -2.68. The minimum atomic E-state index is -2.58. The molecule has 1 rings (SSSR count). The summed E-state index contributed by atoms with van der Waals surface area (Å²) in [6.45, 7) is -0.264. The van der Waals surface area contributed by atoms with Crippen molar-refractivity contribution in [2.24, 2.45) is 11.0 Å². The number of aliphatic hydroxyl groups is 1. The van der Waals surface area contributed by atoms with Gasteiger partial charge in [0.1, 0.15) is 0 Å². The molecule has 0 radical (unpaired) electrons. The Hall–Kier alpha value is -0.870. The summed E-state index contributed by atoms with van der Waals surface area (Å²) >= 11 is 0. The van der Waals surface area contributed by atoms with Crippen LogP contribution in [0.25, 0.3) is 10.4 Å². The lowest BCUT2D eigenvalue weighted by Crippen LogP contribution is -2.31. The standard InChI is InChI=1S/C8H13F2N3O/c9-8(10)3-1-6(2-4-8)7(5-14)12-13-11/h6-7,14H,1-5H2. The molecule has 1 atom stereocenters. The normalized spacial score (nSPS) is 23.9. The maximum Gasteiger partial charge on any atom is 0.248 e. The van der Waals surface area contributed by atoms with Gasteiger partial charge in [0.2, 0.25) is 5.92 Å². The van der Waals surface area contributed by atoms with Crippen molar-refractivity contribution < 1.29 is 13.9 Å². The van der Waals surface area contributed by atoms with Crippen LogP contribution in [-0.4, -0.2) is 23.7 Å². The van der Waals surface area contributed by atoms with E-state index in [0.717, 1.165) is 0 Å². The van der Waals surface area contributed by atoms with Crippen molar-refractivity contribution >= 4 is 0 Å². The van der Waals surface area contributed by atoms with Gasteiger partial charge in [-0.15, -0.1) is 0 Å². The van der Waals surface area contributed by atoms with Crippen molar-refractivity contribution in [1.82, 2.24) is 0 Å². The summed E-state index contributed by atoms with van der Waals surface area (Å²) in [6.07, 6.45) is 0.290. The Kier molecular flexibility index (Phi) is 3.66. The van der Waals surface area contributed by atoms with E-state index in [9.17, 15) is 8.78 Å². The predicted octanol–water partition coefficient (Wildman–Crippen LogP) is 2.48. The van der Waals surface area contributed by atoms with Crippen LogP contribution in [0.15, 0.2) is 5.11 Å². The van der Waals surface area contributed by atoms with Gasteiger partial charge in [0.15, 0.2) is 0 Å². The molecule has 0 bridgehead atoms. The van der Waals surface area contributed by atoms with E-state index in [2.05, 4.69) is 10.0 Å². The fourth-order valence-corrected chi connectivity index (χ4v) is 1.79. The second kappa shape index (κ2) is 4.57. The van der Waals surface area contributed by atoms with Gasteiger partial charge in [-0.25, -0.2) is 8.78 Å². The largest absolute Gasteiger partial charge is 0.396 e. The van der Waals surface area contributed by atoms with Crippen molar-refractivity contribution in [3.63, 3.8) is 0 Å². The number of hydrogen-bond donors (Lipinski definition) is 1. The predicted molar refractivity (Wildman–Crippen MR) is 46.9 cm³/mol. The van der Waals surface area contributed by atoms with Crippen molar-refractivity contribution in [2.45, 2.75) is 37.6 Å². The van der Waals surface area contributed by atoms with E-state index in [4.69, 9.17) is 10.6 Å². The highest BCUT2D eigenvalue weighted by Gasteiger charge is 2.37. The quantitative estimate of drug-likeness (QED) is 0.429. The number of aliphatic hydroxyl groups excluding tert-OH is 1. The van der Waals surface area contributed by atoms with Gasteiger partial charge in [-0.05, 0) is 24.3 Å². The number of halogens is 2. The van der Waals surface area contributed by atoms with Gasteiger partial charge in [0.25, 0.3) is 0 Å². The van der Waals surface area contributed by atoms with Crippen molar-refractivity contribution in [1.29, 1.82) is 0 Å². The van der Waals surface area contributed by atoms with E-state index in [1.807, 2.05) is 0 Å². The molecule has 0 aromatic carbocycles. The molecule has 0 spiro atoms. The average Bonchev–Trinajstić information content (AvgIpc) is 2.15. The maximum absolute atomic E-state index is 12.8. The summed E-state index contributed by atoms with van der Waals surface area (Å²) in [7, 11) is 0. The van der Waals surface area contributed by atoms with Gasteiger partial charge < -0.3 is 5.11 Å². The highest BCUT2D eigenvalue weighted by Crippen LogP contribution is 2.37. The minimum absolute atomic E-state index is 0.101. The molecule has 1 aliphatic rings. The molecule has 1 fully saturated rings. The highest BCUT2D eigenvalue weighted by molar-refractivity contribution is 4.84. The molecule has 6 heteroatoms. The molecule has 0 saturated heterocycles. The van der Waals surface area contributed by atoms with Gasteiger partial charge in [-0.3, -0.25) is 0 Å². The summed E-state index contributed by atoms with van der Waals surface area (Å²) in [4.78, 5) is 2.60. The lowest BCUT2D eigenvalue weighted by Gasteiger charge is -2.30. The van der Waals surface area contributed by atoms with E-state index in [-0.39, 0.29) is 25.4 Å². The summed E-state index contributed by atoms with van der Waals surface area (Å²) in [5.41, 5.74) is 8.20. The molecule has 14 heavy (non-hydrogen) atoms.